The molecule has 0 amide bonds. The number of nitrogen functional groups attached to an aromatic ring is 1. The lowest BCUT2D eigenvalue weighted by Gasteiger charge is -2.10. The quantitative estimate of drug-likeness (QED) is 0.842. The van der Waals surface area contributed by atoms with Gasteiger partial charge in [0.1, 0.15) is 0 Å². The van der Waals surface area contributed by atoms with Crippen LogP contribution in [0.1, 0.15) is 20.8 Å². The number of aryl methyl sites for hydroxylation is 1. The van der Waals surface area contributed by atoms with Crippen LogP contribution in [0.5, 0.6) is 0 Å². The molecule has 0 saturated heterocycles. The Labute approximate surface area is 116 Å². The molecule has 0 aliphatic heterocycles. The molecule has 1 heterocycles. The predicted octanol–water partition coefficient (Wildman–Crippen LogP) is 3.04. The lowest BCUT2D eigenvalue weighted by Crippen LogP contribution is -2.05. The van der Waals surface area contributed by atoms with E-state index < -0.39 is 0 Å². The number of methoxy groups -OCH3 is 1. The second-order valence-electron chi connectivity index (χ2n) is 4.17. The van der Waals surface area contributed by atoms with Crippen molar-refractivity contribution in [2.75, 3.05) is 18.2 Å². The number of benzene rings is 1. The molecule has 19 heavy (non-hydrogen) atoms. The van der Waals surface area contributed by atoms with Gasteiger partial charge in [0.05, 0.1) is 19.2 Å². The van der Waals surface area contributed by atoms with Gasteiger partial charge in [0.25, 0.3) is 0 Å². The lowest BCUT2D eigenvalue weighted by atomic mass is 10.1. The maximum absolute atomic E-state index is 11.5. The van der Waals surface area contributed by atoms with Crippen LogP contribution >= 0.6 is 11.3 Å². The Morgan fingerprint density at radius 2 is 2.21 bits per heavy atom. The van der Waals surface area contributed by atoms with Crippen LogP contribution in [0, 0.1) is 6.92 Å². The molecule has 2 rings (SSSR count). The summed E-state index contributed by atoms with van der Waals surface area (Å²) in [6, 6.07) is 7.34. The fourth-order valence-electron chi connectivity index (χ4n) is 1.73. The Bertz CT molecular complexity index is 593. The number of esters is 1. The Morgan fingerprint density at radius 1 is 1.42 bits per heavy atom. The molecule has 0 fully saturated rings. The second-order valence-corrected chi connectivity index (χ2v) is 5.17. The van der Waals surface area contributed by atoms with E-state index in [9.17, 15) is 4.79 Å². The molecule has 1 aromatic carbocycles. The van der Waals surface area contributed by atoms with Gasteiger partial charge >= 0.3 is 5.97 Å². The summed E-state index contributed by atoms with van der Waals surface area (Å²) in [5.41, 5.74) is 9.15. The molecule has 0 unspecified atom stereocenters. The first-order valence-electron chi connectivity index (χ1n) is 5.86. The van der Waals surface area contributed by atoms with E-state index in [1.165, 1.54) is 7.11 Å². The maximum atomic E-state index is 11.5. The van der Waals surface area contributed by atoms with Crippen molar-refractivity contribution in [2.45, 2.75) is 13.5 Å². The second kappa shape index (κ2) is 5.75. The zero-order valence-electron chi connectivity index (χ0n) is 10.9. The third-order valence-corrected chi connectivity index (χ3v) is 3.81. The van der Waals surface area contributed by atoms with E-state index in [2.05, 4.69) is 5.32 Å². The van der Waals surface area contributed by atoms with Crippen LogP contribution in [0.3, 0.4) is 0 Å². The minimum atomic E-state index is -0.335. The zero-order valence-corrected chi connectivity index (χ0v) is 11.7. The molecule has 0 aliphatic carbocycles. The zero-order chi connectivity index (χ0) is 13.8. The SMILES string of the molecule is COC(=O)c1ccc(C)c(NCc2sccc2N)c1. The summed E-state index contributed by atoms with van der Waals surface area (Å²) >= 11 is 1.61. The van der Waals surface area contributed by atoms with Crippen molar-refractivity contribution >= 4 is 28.7 Å². The highest BCUT2D eigenvalue weighted by molar-refractivity contribution is 7.10. The Kier molecular flexibility index (Phi) is 4.06. The van der Waals surface area contributed by atoms with Crippen LogP contribution in [0.4, 0.5) is 11.4 Å². The molecule has 4 nitrogen and oxygen atoms in total. The van der Waals surface area contributed by atoms with Crippen molar-refractivity contribution in [3.8, 4) is 0 Å². The molecular formula is C14H16N2O2S. The van der Waals surface area contributed by atoms with Gasteiger partial charge in [0.2, 0.25) is 0 Å². The fraction of sp³-hybridized carbons (Fsp3) is 0.214. The monoisotopic (exact) mass is 276 g/mol. The van der Waals surface area contributed by atoms with E-state index in [0.29, 0.717) is 12.1 Å². The molecule has 5 heteroatoms. The standard InChI is InChI=1S/C14H16N2O2S/c1-9-3-4-10(14(17)18-2)7-12(9)16-8-13-11(15)5-6-19-13/h3-7,16H,8,15H2,1-2H3. The highest BCUT2D eigenvalue weighted by atomic mass is 32.1. The summed E-state index contributed by atoms with van der Waals surface area (Å²) in [5, 5.41) is 5.26. The Balaban J connectivity index is 2.15. The van der Waals surface area contributed by atoms with Crippen molar-refractivity contribution in [3.05, 3.63) is 45.6 Å². The van der Waals surface area contributed by atoms with Crippen LogP contribution in [0.25, 0.3) is 0 Å². The number of hydrogen-bond donors (Lipinski definition) is 2. The van der Waals surface area contributed by atoms with Crippen LogP contribution in [-0.4, -0.2) is 13.1 Å². The van der Waals surface area contributed by atoms with Gasteiger partial charge in [0, 0.05) is 16.3 Å². The first-order chi connectivity index (χ1) is 9.11. The molecule has 0 aliphatic rings. The van der Waals surface area contributed by atoms with Crippen molar-refractivity contribution < 1.29 is 9.53 Å². The number of rotatable bonds is 4. The predicted molar refractivity (Wildman–Crippen MR) is 78.6 cm³/mol. The van der Waals surface area contributed by atoms with Gasteiger partial charge in [-0.1, -0.05) is 6.07 Å². The number of nitrogens with two attached hydrogens (primary N) is 1. The van der Waals surface area contributed by atoms with Crippen molar-refractivity contribution in [1.29, 1.82) is 0 Å². The third kappa shape index (κ3) is 3.06. The highest BCUT2D eigenvalue weighted by Gasteiger charge is 2.08. The van der Waals surface area contributed by atoms with Gasteiger partial charge in [-0.15, -0.1) is 11.3 Å². The molecule has 1 aromatic heterocycles. The molecule has 0 saturated carbocycles. The third-order valence-electron chi connectivity index (χ3n) is 2.88. The van der Waals surface area contributed by atoms with Gasteiger partial charge in [-0.25, -0.2) is 4.79 Å². The van der Waals surface area contributed by atoms with Crippen LogP contribution in [-0.2, 0) is 11.3 Å². The van der Waals surface area contributed by atoms with Gasteiger partial charge in [-0.05, 0) is 36.1 Å². The summed E-state index contributed by atoms with van der Waals surface area (Å²) in [7, 11) is 1.38. The average molecular weight is 276 g/mol. The van der Waals surface area contributed by atoms with E-state index >= 15 is 0 Å². The van der Waals surface area contributed by atoms with E-state index in [-0.39, 0.29) is 5.97 Å². The molecule has 0 bridgehead atoms. The van der Waals surface area contributed by atoms with E-state index in [1.807, 2.05) is 24.4 Å². The van der Waals surface area contributed by atoms with Crippen LogP contribution < -0.4 is 11.1 Å². The summed E-state index contributed by atoms with van der Waals surface area (Å²) < 4.78 is 4.72. The number of nitrogens with one attached hydrogen (secondary N) is 1. The summed E-state index contributed by atoms with van der Waals surface area (Å²) in [5.74, 6) is -0.335. The number of thiophene rings is 1. The number of carbonyl (C=O) groups is 1. The van der Waals surface area contributed by atoms with Gasteiger partial charge < -0.3 is 15.8 Å². The minimum absolute atomic E-state index is 0.335. The Hall–Kier alpha value is -2.01. The first kappa shape index (κ1) is 13.4. The largest absolute Gasteiger partial charge is 0.465 e. The molecule has 0 spiro atoms. The molecule has 3 N–H and O–H groups in total. The van der Waals surface area contributed by atoms with Crippen molar-refractivity contribution in [2.24, 2.45) is 0 Å². The van der Waals surface area contributed by atoms with Crippen molar-refractivity contribution in [3.63, 3.8) is 0 Å². The van der Waals surface area contributed by atoms with Gasteiger partial charge in [0.15, 0.2) is 0 Å². The highest BCUT2D eigenvalue weighted by Crippen LogP contribution is 2.22. The minimum Gasteiger partial charge on any atom is -0.465 e. The summed E-state index contributed by atoms with van der Waals surface area (Å²) in [4.78, 5) is 12.6. The van der Waals surface area contributed by atoms with Crippen LogP contribution in [0.2, 0.25) is 0 Å². The number of carbonyl (C=O) groups excluding carboxylic acids is 1. The number of hydrogen-bond acceptors (Lipinski definition) is 5. The summed E-state index contributed by atoms with van der Waals surface area (Å²) in [6.45, 7) is 2.64. The Morgan fingerprint density at radius 3 is 2.84 bits per heavy atom. The van der Waals surface area contributed by atoms with Gasteiger partial charge in [-0.2, -0.15) is 0 Å². The maximum Gasteiger partial charge on any atom is 0.337 e. The normalized spacial score (nSPS) is 10.2. The van der Waals surface area contributed by atoms with E-state index in [0.717, 1.165) is 21.8 Å². The topological polar surface area (TPSA) is 64.3 Å². The fourth-order valence-corrected chi connectivity index (χ4v) is 2.47. The van der Waals surface area contributed by atoms with Gasteiger partial charge in [-0.3, -0.25) is 0 Å². The van der Waals surface area contributed by atoms with E-state index in [4.69, 9.17) is 10.5 Å². The molecule has 100 valence electrons. The average Bonchev–Trinajstić information content (AvgIpc) is 2.82. The van der Waals surface area contributed by atoms with E-state index in [1.54, 1.807) is 23.5 Å². The summed E-state index contributed by atoms with van der Waals surface area (Å²) in [6.07, 6.45) is 0. The van der Waals surface area contributed by atoms with Crippen molar-refractivity contribution in [1.82, 2.24) is 0 Å². The molecule has 0 atom stereocenters. The molecular weight excluding hydrogens is 260 g/mol. The lowest BCUT2D eigenvalue weighted by molar-refractivity contribution is 0.0601. The first-order valence-corrected chi connectivity index (χ1v) is 6.74. The smallest absolute Gasteiger partial charge is 0.337 e. The number of anilines is 2. The molecule has 2 aromatic rings. The number of ether oxygens (including phenoxy) is 1. The molecule has 0 radical (unpaired) electrons. The van der Waals surface area contributed by atoms with Crippen LogP contribution in [0.15, 0.2) is 29.6 Å².